The average Bonchev–Trinajstić information content (AvgIpc) is 2.20. The molecule has 1 rings (SSSR count). The Balaban J connectivity index is 2.99. The maximum atomic E-state index is 11.1. The Bertz CT molecular complexity index is 427. The Morgan fingerprint density at radius 3 is 2.87 bits per heavy atom. The highest BCUT2D eigenvalue weighted by Crippen LogP contribution is 2.18. The first kappa shape index (κ1) is 11.7. The lowest BCUT2D eigenvalue weighted by molar-refractivity contribution is 0.101. The van der Waals surface area contributed by atoms with Crippen LogP contribution in [0.2, 0.25) is 0 Å². The van der Waals surface area contributed by atoms with E-state index in [1.54, 1.807) is 12.1 Å². The zero-order chi connectivity index (χ0) is 11.3. The second-order valence-electron chi connectivity index (χ2n) is 3.06. The standard InChI is InChI=1S/C12H12O2S/c1-9(13)11-8-10(4-2-3-7-15)5-6-12(11)14/h5-6,8,14-15H,3,7H2,1H3. The molecule has 1 N–H and O–H groups in total. The van der Waals surface area contributed by atoms with Crippen LogP contribution in [0.4, 0.5) is 0 Å². The maximum absolute atomic E-state index is 11.1. The van der Waals surface area contributed by atoms with Gasteiger partial charge in [0.05, 0.1) is 5.56 Å². The van der Waals surface area contributed by atoms with Crippen LogP contribution < -0.4 is 0 Å². The normalized spacial score (nSPS) is 9.20. The number of rotatable bonds is 2. The van der Waals surface area contributed by atoms with Gasteiger partial charge in [-0.15, -0.1) is 0 Å². The van der Waals surface area contributed by atoms with E-state index in [0.29, 0.717) is 17.7 Å². The molecule has 1 aromatic rings. The Hall–Kier alpha value is -1.40. The minimum atomic E-state index is -0.162. The van der Waals surface area contributed by atoms with E-state index in [1.165, 1.54) is 13.0 Å². The van der Waals surface area contributed by atoms with E-state index in [1.807, 2.05) is 0 Å². The van der Waals surface area contributed by atoms with Crippen molar-refractivity contribution in [1.82, 2.24) is 0 Å². The van der Waals surface area contributed by atoms with E-state index in [0.717, 1.165) is 5.56 Å². The van der Waals surface area contributed by atoms with Crippen molar-refractivity contribution in [1.29, 1.82) is 0 Å². The lowest BCUT2D eigenvalue weighted by Gasteiger charge is -2.00. The molecule has 0 fully saturated rings. The molecule has 0 bridgehead atoms. The van der Waals surface area contributed by atoms with E-state index in [-0.39, 0.29) is 11.5 Å². The number of benzene rings is 1. The molecule has 0 aliphatic carbocycles. The van der Waals surface area contributed by atoms with Gasteiger partial charge in [-0.25, -0.2) is 0 Å². The summed E-state index contributed by atoms with van der Waals surface area (Å²) in [7, 11) is 0. The molecule has 0 aliphatic heterocycles. The van der Waals surface area contributed by atoms with Gasteiger partial charge in [-0.3, -0.25) is 4.79 Å². The molecule has 1 aromatic carbocycles. The first-order valence-electron chi connectivity index (χ1n) is 4.59. The number of aromatic hydroxyl groups is 1. The maximum Gasteiger partial charge on any atom is 0.163 e. The van der Waals surface area contributed by atoms with Gasteiger partial charge in [0.15, 0.2) is 5.78 Å². The number of carbonyl (C=O) groups is 1. The Morgan fingerprint density at radius 2 is 2.27 bits per heavy atom. The Morgan fingerprint density at radius 1 is 1.53 bits per heavy atom. The molecule has 0 spiro atoms. The number of hydrogen-bond donors (Lipinski definition) is 2. The van der Waals surface area contributed by atoms with Crippen molar-refractivity contribution in [3.05, 3.63) is 29.3 Å². The summed E-state index contributed by atoms with van der Waals surface area (Å²) in [5, 5.41) is 9.40. The van der Waals surface area contributed by atoms with Crippen LogP contribution in [-0.4, -0.2) is 16.6 Å². The fraction of sp³-hybridized carbons (Fsp3) is 0.250. The fourth-order valence-corrected chi connectivity index (χ4v) is 1.23. The lowest BCUT2D eigenvalue weighted by Crippen LogP contribution is -1.93. The van der Waals surface area contributed by atoms with Crippen molar-refractivity contribution in [3.8, 4) is 17.6 Å². The van der Waals surface area contributed by atoms with Crippen molar-refractivity contribution < 1.29 is 9.90 Å². The van der Waals surface area contributed by atoms with Crippen molar-refractivity contribution >= 4 is 18.4 Å². The predicted molar refractivity (Wildman–Crippen MR) is 63.5 cm³/mol. The summed E-state index contributed by atoms with van der Waals surface area (Å²) in [5.41, 5.74) is 1.05. The van der Waals surface area contributed by atoms with Crippen LogP contribution in [0.1, 0.15) is 29.3 Å². The van der Waals surface area contributed by atoms with Crippen LogP contribution in [0.15, 0.2) is 18.2 Å². The van der Waals surface area contributed by atoms with Crippen LogP contribution in [0.25, 0.3) is 0 Å². The molecule has 3 heteroatoms. The summed E-state index contributed by atoms with van der Waals surface area (Å²) in [4.78, 5) is 11.1. The minimum Gasteiger partial charge on any atom is -0.507 e. The molecule has 15 heavy (non-hydrogen) atoms. The van der Waals surface area contributed by atoms with Crippen LogP contribution in [0.3, 0.4) is 0 Å². The number of phenols is 1. The van der Waals surface area contributed by atoms with Gasteiger partial charge in [0.2, 0.25) is 0 Å². The van der Waals surface area contributed by atoms with Crippen LogP contribution in [-0.2, 0) is 0 Å². The highest BCUT2D eigenvalue weighted by molar-refractivity contribution is 7.80. The second kappa shape index (κ2) is 5.47. The second-order valence-corrected chi connectivity index (χ2v) is 3.51. The van der Waals surface area contributed by atoms with E-state index in [4.69, 9.17) is 0 Å². The summed E-state index contributed by atoms with van der Waals surface area (Å²) >= 11 is 4.04. The molecule has 0 aliphatic rings. The smallest absolute Gasteiger partial charge is 0.163 e. The fourth-order valence-electron chi connectivity index (χ4n) is 1.12. The van der Waals surface area contributed by atoms with Crippen molar-refractivity contribution in [3.63, 3.8) is 0 Å². The highest BCUT2D eigenvalue weighted by atomic mass is 32.1. The molecule has 0 amide bonds. The van der Waals surface area contributed by atoms with Gasteiger partial charge in [0.1, 0.15) is 5.75 Å². The molecule has 2 nitrogen and oxygen atoms in total. The molecule has 0 saturated carbocycles. The van der Waals surface area contributed by atoms with Gasteiger partial charge in [0.25, 0.3) is 0 Å². The van der Waals surface area contributed by atoms with Crippen LogP contribution >= 0.6 is 12.6 Å². The summed E-state index contributed by atoms with van der Waals surface area (Å²) in [5.74, 6) is 6.38. The van der Waals surface area contributed by atoms with E-state index in [2.05, 4.69) is 24.5 Å². The highest BCUT2D eigenvalue weighted by Gasteiger charge is 2.05. The molecule has 0 atom stereocenters. The number of ketones is 1. The third kappa shape index (κ3) is 3.34. The van der Waals surface area contributed by atoms with Crippen LogP contribution in [0, 0.1) is 11.8 Å². The van der Waals surface area contributed by atoms with Crippen molar-refractivity contribution in [2.24, 2.45) is 0 Å². The Kier molecular flexibility index (Phi) is 4.26. The molecular formula is C12H12O2S. The third-order valence-electron chi connectivity index (χ3n) is 1.85. The van der Waals surface area contributed by atoms with Gasteiger partial charge in [-0.2, -0.15) is 12.6 Å². The largest absolute Gasteiger partial charge is 0.507 e. The minimum absolute atomic E-state index is 0.00208. The SMILES string of the molecule is CC(=O)c1cc(C#CCCS)ccc1O. The van der Waals surface area contributed by atoms with Gasteiger partial charge in [0, 0.05) is 17.7 Å². The molecule has 0 saturated heterocycles. The average molecular weight is 220 g/mol. The van der Waals surface area contributed by atoms with E-state index >= 15 is 0 Å². The first-order valence-corrected chi connectivity index (χ1v) is 5.22. The van der Waals surface area contributed by atoms with Crippen molar-refractivity contribution in [2.75, 3.05) is 5.75 Å². The van der Waals surface area contributed by atoms with Crippen LogP contribution in [0.5, 0.6) is 5.75 Å². The molecule has 0 radical (unpaired) electrons. The summed E-state index contributed by atoms with van der Waals surface area (Å²) in [6, 6.07) is 4.78. The molecular weight excluding hydrogens is 208 g/mol. The third-order valence-corrected chi connectivity index (χ3v) is 2.07. The molecule has 0 heterocycles. The van der Waals surface area contributed by atoms with Gasteiger partial charge in [-0.05, 0) is 25.1 Å². The molecule has 0 unspecified atom stereocenters. The zero-order valence-corrected chi connectivity index (χ0v) is 9.34. The molecule has 0 aromatic heterocycles. The topological polar surface area (TPSA) is 37.3 Å². The summed E-state index contributed by atoms with van der Waals surface area (Å²) < 4.78 is 0. The summed E-state index contributed by atoms with van der Waals surface area (Å²) in [6.45, 7) is 1.42. The first-order chi connectivity index (χ1) is 7.15. The number of phenolic OH excluding ortho intramolecular Hbond substituents is 1. The Labute approximate surface area is 94.7 Å². The number of hydrogen-bond acceptors (Lipinski definition) is 3. The number of Topliss-reactive ketones (excluding diaryl/α,β-unsaturated/α-hetero) is 1. The monoisotopic (exact) mass is 220 g/mol. The van der Waals surface area contributed by atoms with Gasteiger partial charge in [-0.1, -0.05) is 11.8 Å². The van der Waals surface area contributed by atoms with Gasteiger partial charge < -0.3 is 5.11 Å². The zero-order valence-electron chi connectivity index (χ0n) is 8.45. The summed E-state index contributed by atoms with van der Waals surface area (Å²) in [6.07, 6.45) is 0.708. The van der Waals surface area contributed by atoms with E-state index < -0.39 is 0 Å². The van der Waals surface area contributed by atoms with E-state index in [9.17, 15) is 9.90 Å². The number of carbonyl (C=O) groups excluding carboxylic acids is 1. The number of thiol groups is 1. The molecule has 78 valence electrons. The van der Waals surface area contributed by atoms with Gasteiger partial charge >= 0.3 is 0 Å². The van der Waals surface area contributed by atoms with Crippen molar-refractivity contribution in [2.45, 2.75) is 13.3 Å². The lowest BCUT2D eigenvalue weighted by atomic mass is 10.1. The quantitative estimate of drug-likeness (QED) is 0.456. The predicted octanol–water partition coefficient (Wildman–Crippen LogP) is 2.27.